The van der Waals surface area contributed by atoms with E-state index in [0.29, 0.717) is 24.8 Å². The van der Waals surface area contributed by atoms with Gasteiger partial charge in [-0.1, -0.05) is 0 Å². The summed E-state index contributed by atoms with van der Waals surface area (Å²) in [7, 11) is 0. The molecule has 0 amide bonds. The number of hydrogen-bond donors (Lipinski definition) is 0. The van der Waals surface area contributed by atoms with Crippen LogP contribution in [0.3, 0.4) is 0 Å². The topological polar surface area (TPSA) is 45.2 Å². The fourth-order valence-electron chi connectivity index (χ4n) is 3.35. The molecule has 1 saturated carbocycles. The van der Waals surface area contributed by atoms with Crippen LogP contribution in [0.2, 0.25) is 0 Å². The van der Waals surface area contributed by atoms with Gasteiger partial charge in [-0.3, -0.25) is 0 Å². The fraction of sp³-hybridized carbons (Fsp3) is 0.526. The van der Waals surface area contributed by atoms with Crippen molar-refractivity contribution in [2.75, 3.05) is 36.0 Å². The SMILES string of the molecule is Cc1nc(C2CC2)nc(N2CCN(c3ccc(C(F)(F)F)cn3)CC2)c1C. The molecular weight excluding hydrogens is 355 g/mol. The third kappa shape index (κ3) is 3.70. The zero-order chi connectivity index (χ0) is 19.2. The molecule has 2 aromatic heterocycles. The monoisotopic (exact) mass is 377 g/mol. The second-order valence-electron chi connectivity index (χ2n) is 7.27. The molecule has 27 heavy (non-hydrogen) atoms. The first-order chi connectivity index (χ1) is 12.8. The van der Waals surface area contributed by atoms with Crippen molar-refractivity contribution in [3.63, 3.8) is 0 Å². The highest BCUT2D eigenvalue weighted by Gasteiger charge is 2.31. The molecule has 1 aliphatic carbocycles. The molecule has 1 saturated heterocycles. The summed E-state index contributed by atoms with van der Waals surface area (Å²) < 4.78 is 38.1. The number of piperazine rings is 1. The maximum absolute atomic E-state index is 12.7. The van der Waals surface area contributed by atoms with Gasteiger partial charge < -0.3 is 9.80 Å². The van der Waals surface area contributed by atoms with E-state index in [1.807, 2.05) is 18.7 Å². The third-order valence-corrected chi connectivity index (χ3v) is 5.30. The Kier molecular flexibility index (Phi) is 4.44. The summed E-state index contributed by atoms with van der Waals surface area (Å²) in [5.74, 6) is 3.02. The average molecular weight is 377 g/mol. The van der Waals surface area contributed by atoms with E-state index in [2.05, 4.69) is 14.9 Å². The molecule has 2 aliphatic rings. The predicted octanol–water partition coefficient (Wildman–Crippen LogP) is 3.71. The minimum absolute atomic E-state index is 0.501. The number of nitrogens with zero attached hydrogens (tertiary/aromatic N) is 5. The van der Waals surface area contributed by atoms with Gasteiger partial charge in [0.05, 0.1) is 5.56 Å². The van der Waals surface area contributed by atoms with Crippen LogP contribution in [-0.4, -0.2) is 41.1 Å². The lowest BCUT2D eigenvalue weighted by Gasteiger charge is -2.37. The van der Waals surface area contributed by atoms with Gasteiger partial charge in [0, 0.05) is 49.6 Å². The number of rotatable bonds is 3. The summed E-state index contributed by atoms with van der Waals surface area (Å²) in [5, 5.41) is 0. The van der Waals surface area contributed by atoms with Crippen molar-refractivity contribution >= 4 is 11.6 Å². The van der Waals surface area contributed by atoms with Gasteiger partial charge in [-0.25, -0.2) is 15.0 Å². The Labute approximate surface area is 156 Å². The van der Waals surface area contributed by atoms with Gasteiger partial charge in [-0.2, -0.15) is 13.2 Å². The zero-order valence-electron chi connectivity index (χ0n) is 15.4. The van der Waals surface area contributed by atoms with E-state index in [1.165, 1.54) is 6.07 Å². The number of aryl methyl sites for hydroxylation is 1. The Morgan fingerprint density at radius 1 is 0.963 bits per heavy atom. The van der Waals surface area contributed by atoms with Crippen LogP contribution in [-0.2, 0) is 6.18 Å². The Morgan fingerprint density at radius 3 is 2.19 bits per heavy atom. The van der Waals surface area contributed by atoms with E-state index < -0.39 is 11.7 Å². The molecule has 0 unspecified atom stereocenters. The first-order valence-corrected chi connectivity index (χ1v) is 9.21. The molecule has 0 bridgehead atoms. The summed E-state index contributed by atoms with van der Waals surface area (Å²) >= 11 is 0. The second kappa shape index (κ2) is 6.65. The standard InChI is InChI=1S/C19H22F3N5/c1-12-13(2)24-17(14-3-4-14)25-18(12)27-9-7-26(8-10-27)16-6-5-15(11-23-16)19(20,21)22/h5-6,11,14H,3-4,7-10H2,1-2H3. The lowest BCUT2D eigenvalue weighted by Crippen LogP contribution is -2.47. The zero-order valence-corrected chi connectivity index (χ0v) is 15.4. The number of hydrogen-bond acceptors (Lipinski definition) is 5. The highest BCUT2D eigenvalue weighted by atomic mass is 19.4. The molecular formula is C19H22F3N5. The van der Waals surface area contributed by atoms with Gasteiger partial charge >= 0.3 is 6.18 Å². The van der Waals surface area contributed by atoms with E-state index in [9.17, 15) is 13.2 Å². The van der Waals surface area contributed by atoms with Crippen molar-refractivity contribution in [2.24, 2.45) is 0 Å². The van der Waals surface area contributed by atoms with E-state index >= 15 is 0 Å². The fourth-order valence-corrected chi connectivity index (χ4v) is 3.35. The molecule has 0 N–H and O–H groups in total. The van der Waals surface area contributed by atoms with Crippen molar-refractivity contribution in [1.82, 2.24) is 15.0 Å². The van der Waals surface area contributed by atoms with Crippen LogP contribution in [0, 0.1) is 13.8 Å². The van der Waals surface area contributed by atoms with Crippen LogP contribution >= 0.6 is 0 Å². The van der Waals surface area contributed by atoms with Crippen LogP contribution in [0.15, 0.2) is 18.3 Å². The third-order valence-electron chi connectivity index (χ3n) is 5.30. The van der Waals surface area contributed by atoms with Crippen molar-refractivity contribution in [3.05, 3.63) is 41.0 Å². The number of aromatic nitrogens is 3. The van der Waals surface area contributed by atoms with Crippen molar-refractivity contribution in [3.8, 4) is 0 Å². The molecule has 5 nitrogen and oxygen atoms in total. The van der Waals surface area contributed by atoms with Gasteiger partial charge in [-0.05, 0) is 38.8 Å². The van der Waals surface area contributed by atoms with Crippen LogP contribution in [0.25, 0.3) is 0 Å². The Morgan fingerprint density at radius 2 is 1.63 bits per heavy atom. The second-order valence-corrected chi connectivity index (χ2v) is 7.27. The minimum atomic E-state index is -4.36. The lowest BCUT2D eigenvalue weighted by molar-refractivity contribution is -0.137. The number of alkyl halides is 3. The number of pyridine rings is 1. The lowest BCUT2D eigenvalue weighted by atomic mass is 10.2. The van der Waals surface area contributed by atoms with Crippen molar-refractivity contribution in [2.45, 2.75) is 38.8 Å². The van der Waals surface area contributed by atoms with Gasteiger partial charge in [0.1, 0.15) is 17.5 Å². The quantitative estimate of drug-likeness (QED) is 0.816. The molecule has 0 radical (unpaired) electrons. The summed E-state index contributed by atoms with van der Waals surface area (Å²) in [6.07, 6.45) is -1.13. The van der Waals surface area contributed by atoms with Gasteiger partial charge in [-0.15, -0.1) is 0 Å². The molecule has 4 rings (SSSR count). The molecule has 144 valence electrons. The van der Waals surface area contributed by atoms with Gasteiger partial charge in [0.25, 0.3) is 0 Å². The Balaban J connectivity index is 1.46. The molecule has 0 aromatic carbocycles. The molecule has 0 spiro atoms. The highest BCUT2D eigenvalue weighted by molar-refractivity contribution is 5.51. The van der Waals surface area contributed by atoms with Crippen molar-refractivity contribution < 1.29 is 13.2 Å². The van der Waals surface area contributed by atoms with E-state index in [4.69, 9.17) is 4.98 Å². The Hall–Kier alpha value is -2.38. The van der Waals surface area contributed by atoms with Crippen molar-refractivity contribution in [1.29, 1.82) is 0 Å². The summed E-state index contributed by atoms with van der Waals surface area (Å²) in [5.41, 5.74) is 1.40. The first kappa shape index (κ1) is 18.0. The van der Waals surface area contributed by atoms with E-state index in [1.54, 1.807) is 0 Å². The van der Waals surface area contributed by atoms with Crippen LogP contribution < -0.4 is 9.80 Å². The summed E-state index contributed by atoms with van der Waals surface area (Å²) in [6, 6.07) is 2.54. The molecule has 8 heteroatoms. The maximum Gasteiger partial charge on any atom is 0.417 e. The smallest absolute Gasteiger partial charge is 0.353 e. The molecule has 1 aliphatic heterocycles. The van der Waals surface area contributed by atoms with E-state index in [0.717, 1.165) is 61.1 Å². The number of halogens is 3. The maximum atomic E-state index is 12.7. The van der Waals surface area contributed by atoms with E-state index in [-0.39, 0.29) is 0 Å². The largest absolute Gasteiger partial charge is 0.417 e. The molecule has 0 atom stereocenters. The minimum Gasteiger partial charge on any atom is -0.353 e. The van der Waals surface area contributed by atoms with Crippen LogP contribution in [0.5, 0.6) is 0 Å². The van der Waals surface area contributed by atoms with Gasteiger partial charge in [0.15, 0.2) is 0 Å². The first-order valence-electron chi connectivity index (χ1n) is 9.21. The van der Waals surface area contributed by atoms with Crippen LogP contribution in [0.1, 0.15) is 41.4 Å². The average Bonchev–Trinajstić information content (AvgIpc) is 3.49. The highest BCUT2D eigenvalue weighted by Crippen LogP contribution is 2.39. The summed E-state index contributed by atoms with van der Waals surface area (Å²) in [4.78, 5) is 17.7. The van der Waals surface area contributed by atoms with Gasteiger partial charge in [0.2, 0.25) is 0 Å². The van der Waals surface area contributed by atoms with Crippen LogP contribution in [0.4, 0.5) is 24.8 Å². The normalized spacial score (nSPS) is 18.1. The molecule has 2 fully saturated rings. The molecule has 3 heterocycles. The number of anilines is 2. The predicted molar refractivity (Wildman–Crippen MR) is 97.1 cm³/mol. The molecule has 2 aromatic rings. The Bertz CT molecular complexity index is 822. The summed E-state index contributed by atoms with van der Waals surface area (Å²) in [6.45, 7) is 6.97.